The number of piperidine rings is 1. The molecule has 1 amide bonds. The molecule has 3 rings (SSSR count). The average Bonchev–Trinajstić information content (AvgIpc) is 2.94. The van der Waals surface area contributed by atoms with E-state index in [4.69, 9.17) is 0 Å². The van der Waals surface area contributed by atoms with Crippen LogP contribution < -0.4 is 0 Å². The Morgan fingerprint density at radius 3 is 2.65 bits per heavy atom. The van der Waals surface area contributed by atoms with Crippen molar-refractivity contribution in [1.82, 2.24) is 9.88 Å². The van der Waals surface area contributed by atoms with Crippen LogP contribution in [0.3, 0.4) is 0 Å². The number of rotatable bonds is 4. The first kappa shape index (κ1) is 18.6. The molecule has 2 atom stereocenters. The number of nitrogens with zero attached hydrogens (tertiary/aromatic N) is 1. The average molecular weight is 362 g/mol. The number of hydrogen-bond donors (Lipinski definition) is 3. The first-order chi connectivity index (χ1) is 12.3. The van der Waals surface area contributed by atoms with Crippen molar-refractivity contribution in [2.75, 3.05) is 13.1 Å². The number of aryl methyl sites for hydroxylation is 1. The maximum Gasteiger partial charge on any atom is 0.312 e. The summed E-state index contributed by atoms with van der Waals surface area (Å²) in [5.41, 5.74) is 1.29. The number of hydrogen-bond acceptors (Lipinski definition) is 4. The van der Waals surface area contributed by atoms with Crippen molar-refractivity contribution in [2.45, 2.75) is 58.5 Å². The third-order valence-electron chi connectivity index (χ3n) is 5.92. The predicted molar refractivity (Wildman–Crippen MR) is 94.3 cm³/mol. The number of likely N-dealkylation sites (tertiary alicyclic amines) is 1. The Morgan fingerprint density at radius 1 is 1.35 bits per heavy atom. The van der Waals surface area contributed by atoms with E-state index in [0.29, 0.717) is 36.1 Å². The number of aromatic nitrogens is 1. The quantitative estimate of drug-likeness (QED) is 0.758. The number of fused-ring (bicyclic) bond motifs is 1. The van der Waals surface area contributed by atoms with E-state index in [1.807, 2.05) is 6.92 Å². The molecular weight excluding hydrogens is 336 g/mol. The van der Waals surface area contributed by atoms with E-state index in [1.54, 1.807) is 6.92 Å². The van der Waals surface area contributed by atoms with Crippen LogP contribution in [0.5, 0.6) is 0 Å². The molecule has 1 aromatic rings. The molecule has 1 aliphatic heterocycles. The summed E-state index contributed by atoms with van der Waals surface area (Å²) in [6.07, 6.45) is 2.18. The number of Topliss-reactive ketones (excluding diaryl/α,β-unsaturated/α-hetero) is 1. The molecule has 2 heterocycles. The van der Waals surface area contributed by atoms with E-state index in [9.17, 15) is 24.6 Å². The number of nitrogens with one attached hydrogen (secondary N) is 1. The van der Waals surface area contributed by atoms with Gasteiger partial charge in [0.15, 0.2) is 5.78 Å². The topological polar surface area (TPSA) is 111 Å². The van der Waals surface area contributed by atoms with Crippen LogP contribution in [0.4, 0.5) is 0 Å². The molecule has 0 spiro atoms. The summed E-state index contributed by atoms with van der Waals surface area (Å²) >= 11 is 0. The van der Waals surface area contributed by atoms with Gasteiger partial charge < -0.3 is 20.1 Å². The normalized spacial score (nSPS) is 25.9. The molecular formula is C19H26N2O5. The molecule has 3 N–H and O–H groups in total. The largest absolute Gasteiger partial charge is 0.481 e. The van der Waals surface area contributed by atoms with Crippen molar-refractivity contribution in [3.05, 3.63) is 22.5 Å². The smallest absolute Gasteiger partial charge is 0.312 e. The van der Waals surface area contributed by atoms with Crippen LogP contribution in [0.1, 0.15) is 71.1 Å². The number of carboxylic acid groups (broad SMARTS) is 1. The standard InChI is InChI=1S/C19H26N2O5/c1-3-7-19(18(25)26)8-9-21(10-14(19)23)17(24)16-11(2)15-12(20-16)5-4-6-13(15)22/h14,20,23H,3-10H2,1-2H3,(H,25,26)/t14-,19-/m0/s1. The molecule has 7 nitrogen and oxygen atoms in total. The number of aliphatic hydroxyl groups excluding tert-OH is 1. The lowest BCUT2D eigenvalue weighted by Crippen LogP contribution is -2.56. The molecule has 0 unspecified atom stereocenters. The summed E-state index contributed by atoms with van der Waals surface area (Å²) in [6.45, 7) is 3.92. The third kappa shape index (κ3) is 2.84. The highest BCUT2D eigenvalue weighted by atomic mass is 16.4. The molecule has 0 saturated carbocycles. The maximum atomic E-state index is 13.0. The lowest BCUT2D eigenvalue weighted by Gasteiger charge is -2.42. The van der Waals surface area contributed by atoms with E-state index < -0.39 is 17.5 Å². The lowest BCUT2D eigenvalue weighted by molar-refractivity contribution is -0.162. The summed E-state index contributed by atoms with van der Waals surface area (Å²) < 4.78 is 0. The second-order valence-electron chi connectivity index (χ2n) is 7.48. The van der Waals surface area contributed by atoms with Crippen LogP contribution in [-0.2, 0) is 11.2 Å². The molecule has 7 heteroatoms. The van der Waals surface area contributed by atoms with Crippen LogP contribution in [0, 0.1) is 12.3 Å². The fraction of sp³-hybridized carbons (Fsp3) is 0.632. The van der Waals surface area contributed by atoms with E-state index in [2.05, 4.69) is 4.98 Å². The van der Waals surface area contributed by atoms with Gasteiger partial charge in [-0.1, -0.05) is 13.3 Å². The molecule has 26 heavy (non-hydrogen) atoms. The van der Waals surface area contributed by atoms with Gasteiger partial charge in [0.25, 0.3) is 5.91 Å². The molecule has 0 aromatic carbocycles. The van der Waals surface area contributed by atoms with Gasteiger partial charge in [-0.15, -0.1) is 0 Å². The van der Waals surface area contributed by atoms with Gasteiger partial charge in [-0.05, 0) is 38.2 Å². The van der Waals surface area contributed by atoms with Gasteiger partial charge in [0.05, 0.1) is 11.5 Å². The number of aliphatic carboxylic acids is 1. The number of carbonyl (C=O) groups excluding carboxylic acids is 2. The van der Waals surface area contributed by atoms with Gasteiger partial charge >= 0.3 is 5.97 Å². The van der Waals surface area contributed by atoms with Crippen LogP contribution in [0.2, 0.25) is 0 Å². The highest BCUT2D eigenvalue weighted by molar-refractivity contribution is 6.04. The fourth-order valence-electron chi connectivity index (χ4n) is 4.40. The van der Waals surface area contributed by atoms with Crippen molar-refractivity contribution in [3.8, 4) is 0 Å². The minimum absolute atomic E-state index is 0.0117. The van der Waals surface area contributed by atoms with Crippen molar-refractivity contribution in [2.24, 2.45) is 5.41 Å². The summed E-state index contributed by atoms with van der Waals surface area (Å²) in [6, 6.07) is 0. The Balaban J connectivity index is 1.83. The molecule has 1 fully saturated rings. The van der Waals surface area contributed by atoms with Crippen LogP contribution in [0.15, 0.2) is 0 Å². The van der Waals surface area contributed by atoms with Gasteiger partial charge in [-0.25, -0.2) is 0 Å². The van der Waals surface area contributed by atoms with Crippen LogP contribution in [0.25, 0.3) is 0 Å². The van der Waals surface area contributed by atoms with Gasteiger partial charge in [0.2, 0.25) is 0 Å². The minimum atomic E-state index is -1.19. The maximum absolute atomic E-state index is 13.0. The van der Waals surface area contributed by atoms with E-state index in [0.717, 1.165) is 18.5 Å². The molecule has 142 valence electrons. The van der Waals surface area contributed by atoms with Crippen LogP contribution in [-0.4, -0.2) is 57.0 Å². The number of carboxylic acids is 1. The van der Waals surface area contributed by atoms with Crippen molar-refractivity contribution < 1.29 is 24.6 Å². The van der Waals surface area contributed by atoms with E-state index in [1.165, 1.54) is 4.90 Å². The third-order valence-corrected chi connectivity index (χ3v) is 5.92. The molecule has 0 bridgehead atoms. The first-order valence-corrected chi connectivity index (χ1v) is 9.27. The summed E-state index contributed by atoms with van der Waals surface area (Å²) in [5.74, 6) is -1.22. The Labute approximate surface area is 152 Å². The first-order valence-electron chi connectivity index (χ1n) is 9.27. The van der Waals surface area contributed by atoms with E-state index in [-0.39, 0.29) is 31.2 Å². The Morgan fingerprint density at radius 2 is 2.08 bits per heavy atom. The van der Waals surface area contributed by atoms with Crippen LogP contribution >= 0.6 is 0 Å². The SMILES string of the molecule is CCC[C@]1(C(=O)O)CCN(C(=O)c2[nH]c3c(c2C)C(=O)CCC3)C[C@@H]1O. The lowest BCUT2D eigenvalue weighted by atomic mass is 9.72. The number of aromatic amines is 1. The second-order valence-corrected chi connectivity index (χ2v) is 7.48. The number of aliphatic hydroxyl groups is 1. The van der Waals surface area contributed by atoms with Crippen molar-refractivity contribution in [1.29, 1.82) is 0 Å². The summed E-state index contributed by atoms with van der Waals surface area (Å²) in [4.78, 5) is 41.4. The number of amides is 1. The molecule has 0 radical (unpaired) electrons. The van der Waals surface area contributed by atoms with Gasteiger partial charge in [-0.3, -0.25) is 14.4 Å². The Bertz CT molecular complexity index is 753. The Hall–Kier alpha value is -2.15. The Kier molecular flexibility index (Phi) is 4.92. The molecule has 1 saturated heterocycles. The van der Waals surface area contributed by atoms with Crippen molar-refractivity contribution >= 4 is 17.7 Å². The minimum Gasteiger partial charge on any atom is -0.481 e. The molecule has 2 aliphatic rings. The van der Waals surface area contributed by atoms with Crippen molar-refractivity contribution in [3.63, 3.8) is 0 Å². The fourth-order valence-corrected chi connectivity index (χ4v) is 4.40. The van der Waals surface area contributed by atoms with Gasteiger partial charge in [0, 0.05) is 30.8 Å². The highest BCUT2D eigenvalue weighted by Crippen LogP contribution is 2.37. The number of carbonyl (C=O) groups is 3. The van der Waals surface area contributed by atoms with Gasteiger partial charge in [-0.2, -0.15) is 0 Å². The second kappa shape index (κ2) is 6.87. The highest BCUT2D eigenvalue weighted by Gasteiger charge is 2.49. The zero-order valence-corrected chi connectivity index (χ0v) is 15.3. The molecule has 1 aliphatic carbocycles. The number of ketones is 1. The zero-order valence-electron chi connectivity index (χ0n) is 15.3. The predicted octanol–water partition coefficient (Wildman–Crippen LogP) is 1.92. The number of β-amino-alcohol motifs (C(OH)–C–C–N with tert-alkyl or cyclic N) is 1. The van der Waals surface area contributed by atoms with E-state index >= 15 is 0 Å². The monoisotopic (exact) mass is 362 g/mol. The zero-order chi connectivity index (χ0) is 19.1. The molecule has 1 aromatic heterocycles. The van der Waals surface area contributed by atoms with Gasteiger partial charge in [0.1, 0.15) is 5.69 Å². The summed E-state index contributed by atoms with van der Waals surface area (Å²) in [7, 11) is 0. The summed E-state index contributed by atoms with van der Waals surface area (Å²) in [5, 5.41) is 20.1. The number of H-pyrrole nitrogens is 1.